The van der Waals surface area contributed by atoms with Gasteiger partial charge < -0.3 is 4.74 Å². The molecule has 0 aromatic heterocycles. The molecule has 0 saturated heterocycles. The van der Waals surface area contributed by atoms with Gasteiger partial charge in [0.2, 0.25) is 0 Å². The summed E-state index contributed by atoms with van der Waals surface area (Å²) in [6.07, 6.45) is 5.51. The summed E-state index contributed by atoms with van der Waals surface area (Å²) in [4.78, 5) is 10.9. The number of ether oxygens (including phenoxy) is 1. The molecule has 0 aromatic rings. The van der Waals surface area contributed by atoms with Crippen LogP contribution < -0.4 is 0 Å². The quantitative estimate of drug-likeness (QED) is 0.468. The van der Waals surface area contributed by atoms with Crippen LogP contribution in [0.3, 0.4) is 0 Å². The predicted molar refractivity (Wildman–Crippen MR) is 49.8 cm³/mol. The van der Waals surface area contributed by atoms with Crippen molar-refractivity contribution < 1.29 is 9.53 Å². The van der Waals surface area contributed by atoms with Crippen molar-refractivity contribution in [1.82, 2.24) is 0 Å². The molecule has 0 rings (SSSR count). The Morgan fingerprint density at radius 1 is 1.58 bits per heavy atom. The summed E-state index contributed by atoms with van der Waals surface area (Å²) >= 11 is 0. The second-order valence-corrected chi connectivity index (χ2v) is 2.85. The molecule has 0 aliphatic rings. The van der Waals surface area contributed by atoms with Crippen molar-refractivity contribution in [1.29, 1.82) is 0 Å². The average Bonchev–Trinajstić information content (AvgIpc) is 2.02. The highest BCUT2D eigenvalue weighted by atomic mass is 16.5. The minimum atomic E-state index is -0.0890. The number of allylic oxidation sites excluding steroid dienone is 2. The van der Waals surface area contributed by atoms with Crippen molar-refractivity contribution >= 4 is 5.97 Å². The van der Waals surface area contributed by atoms with Crippen LogP contribution >= 0.6 is 0 Å². The van der Waals surface area contributed by atoms with E-state index in [4.69, 9.17) is 4.74 Å². The molecule has 70 valence electrons. The molecule has 2 heteroatoms. The summed E-state index contributed by atoms with van der Waals surface area (Å²) < 4.78 is 4.81. The highest BCUT2D eigenvalue weighted by Gasteiger charge is 2.03. The molecule has 2 nitrogen and oxygen atoms in total. The fourth-order valence-electron chi connectivity index (χ4n) is 1.00. The smallest absolute Gasteiger partial charge is 0.305 e. The maximum atomic E-state index is 10.9. The Labute approximate surface area is 74.6 Å². The molecule has 12 heavy (non-hydrogen) atoms. The van der Waals surface area contributed by atoms with Gasteiger partial charge in [0.25, 0.3) is 0 Å². The summed E-state index contributed by atoms with van der Waals surface area (Å²) in [7, 11) is 0. The first-order valence-electron chi connectivity index (χ1n) is 4.49. The van der Waals surface area contributed by atoms with E-state index in [9.17, 15) is 4.79 Å². The first-order valence-corrected chi connectivity index (χ1v) is 4.49. The van der Waals surface area contributed by atoms with E-state index in [0.29, 0.717) is 18.9 Å². The van der Waals surface area contributed by atoms with Crippen molar-refractivity contribution in [3.63, 3.8) is 0 Å². The summed E-state index contributed by atoms with van der Waals surface area (Å²) in [5.41, 5.74) is 0. The topological polar surface area (TPSA) is 26.3 Å². The van der Waals surface area contributed by atoms with Gasteiger partial charge in [0, 0.05) is 6.42 Å². The van der Waals surface area contributed by atoms with E-state index in [1.54, 1.807) is 0 Å². The maximum absolute atomic E-state index is 10.9. The third kappa shape index (κ3) is 5.96. The minimum absolute atomic E-state index is 0.0890. The molecule has 0 amide bonds. The van der Waals surface area contributed by atoms with Crippen molar-refractivity contribution in [3.8, 4) is 0 Å². The van der Waals surface area contributed by atoms with Crippen molar-refractivity contribution in [3.05, 3.63) is 12.2 Å². The molecule has 0 radical (unpaired) electrons. The number of hydrogen-bond acceptors (Lipinski definition) is 2. The van der Waals surface area contributed by atoms with Crippen LogP contribution in [0.4, 0.5) is 0 Å². The van der Waals surface area contributed by atoms with Crippen LogP contribution in [0.25, 0.3) is 0 Å². The molecular formula is C10H18O2. The summed E-state index contributed by atoms with van der Waals surface area (Å²) in [6, 6.07) is 0. The fraction of sp³-hybridized carbons (Fsp3) is 0.700. The van der Waals surface area contributed by atoms with Crippen molar-refractivity contribution in [2.24, 2.45) is 5.92 Å². The van der Waals surface area contributed by atoms with Gasteiger partial charge in [0.1, 0.15) is 0 Å². The molecule has 0 spiro atoms. The Balaban J connectivity index is 3.46. The Kier molecular flexibility index (Phi) is 6.44. The molecule has 0 fully saturated rings. The fourth-order valence-corrected chi connectivity index (χ4v) is 1.00. The third-order valence-electron chi connectivity index (χ3n) is 1.63. The van der Waals surface area contributed by atoms with Crippen LogP contribution in [0.1, 0.15) is 33.6 Å². The van der Waals surface area contributed by atoms with E-state index < -0.39 is 0 Å². The number of rotatable bonds is 5. The highest BCUT2D eigenvalue weighted by molar-refractivity contribution is 5.69. The summed E-state index contributed by atoms with van der Waals surface area (Å²) in [5.74, 6) is 0.383. The van der Waals surface area contributed by atoms with E-state index in [1.165, 1.54) is 0 Å². The number of hydrogen-bond donors (Lipinski definition) is 0. The molecule has 0 bridgehead atoms. The van der Waals surface area contributed by atoms with Gasteiger partial charge in [0.05, 0.1) is 6.61 Å². The van der Waals surface area contributed by atoms with Crippen LogP contribution in [0.5, 0.6) is 0 Å². The SMILES string of the molecule is CC=CC(C)CCC(=O)OCC. The van der Waals surface area contributed by atoms with Crippen LogP contribution in [0.15, 0.2) is 12.2 Å². The van der Waals surface area contributed by atoms with Gasteiger partial charge in [-0.2, -0.15) is 0 Å². The minimum Gasteiger partial charge on any atom is -0.466 e. The van der Waals surface area contributed by atoms with Gasteiger partial charge in [-0.3, -0.25) is 4.79 Å². The lowest BCUT2D eigenvalue weighted by Crippen LogP contribution is -2.05. The Bertz CT molecular complexity index is 150. The standard InChI is InChI=1S/C10H18O2/c1-4-6-9(3)7-8-10(11)12-5-2/h4,6,9H,5,7-8H2,1-3H3. The summed E-state index contributed by atoms with van der Waals surface area (Å²) in [5, 5.41) is 0. The van der Waals surface area contributed by atoms with Crippen LogP contribution in [0, 0.1) is 5.92 Å². The Morgan fingerprint density at radius 2 is 2.25 bits per heavy atom. The highest BCUT2D eigenvalue weighted by Crippen LogP contribution is 2.07. The molecule has 0 aliphatic heterocycles. The predicted octanol–water partition coefficient (Wildman–Crippen LogP) is 2.54. The maximum Gasteiger partial charge on any atom is 0.305 e. The molecule has 0 heterocycles. The van der Waals surface area contributed by atoms with Gasteiger partial charge >= 0.3 is 5.97 Å². The molecular weight excluding hydrogens is 152 g/mol. The van der Waals surface area contributed by atoms with E-state index in [-0.39, 0.29) is 5.97 Å². The zero-order valence-electron chi connectivity index (χ0n) is 8.17. The lowest BCUT2D eigenvalue weighted by Gasteiger charge is -2.04. The second kappa shape index (κ2) is 6.89. The zero-order valence-corrected chi connectivity index (χ0v) is 8.17. The largest absolute Gasteiger partial charge is 0.466 e. The average molecular weight is 170 g/mol. The van der Waals surface area contributed by atoms with E-state index in [1.807, 2.05) is 19.9 Å². The van der Waals surface area contributed by atoms with E-state index in [2.05, 4.69) is 13.0 Å². The first kappa shape index (κ1) is 11.2. The van der Waals surface area contributed by atoms with Crippen LogP contribution in [0.2, 0.25) is 0 Å². The summed E-state index contributed by atoms with van der Waals surface area (Å²) in [6.45, 7) is 6.39. The second-order valence-electron chi connectivity index (χ2n) is 2.85. The monoisotopic (exact) mass is 170 g/mol. The Morgan fingerprint density at radius 3 is 2.75 bits per heavy atom. The third-order valence-corrected chi connectivity index (χ3v) is 1.63. The zero-order chi connectivity index (χ0) is 9.40. The lowest BCUT2D eigenvalue weighted by molar-refractivity contribution is -0.143. The lowest BCUT2D eigenvalue weighted by atomic mass is 10.1. The molecule has 1 unspecified atom stereocenters. The van der Waals surface area contributed by atoms with Gasteiger partial charge in [-0.15, -0.1) is 0 Å². The van der Waals surface area contributed by atoms with E-state index >= 15 is 0 Å². The molecule has 0 aromatic carbocycles. The van der Waals surface area contributed by atoms with Gasteiger partial charge in [-0.1, -0.05) is 19.1 Å². The van der Waals surface area contributed by atoms with E-state index in [0.717, 1.165) is 6.42 Å². The van der Waals surface area contributed by atoms with Gasteiger partial charge in [0.15, 0.2) is 0 Å². The number of carbonyl (C=O) groups is 1. The van der Waals surface area contributed by atoms with Gasteiger partial charge in [-0.05, 0) is 26.2 Å². The van der Waals surface area contributed by atoms with Gasteiger partial charge in [-0.25, -0.2) is 0 Å². The van der Waals surface area contributed by atoms with Crippen molar-refractivity contribution in [2.45, 2.75) is 33.6 Å². The normalized spacial score (nSPS) is 13.2. The molecule has 0 N–H and O–H groups in total. The Hall–Kier alpha value is -0.790. The first-order chi connectivity index (χ1) is 5.70. The van der Waals surface area contributed by atoms with Crippen molar-refractivity contribution in [2.75, 3.05) is 6.61 Å². The van der Waals surface area contributed by atoms with Crippen LogP contribution in [-0.4, -0.2) is 12.6 Å². The van der Waals surface area contributed by atoms with Crippen LogP contribution in [-0.2, 0) is 9.53 Å². The molecule has 0 saturated carbocycles. The number of carbonyl (C=O) groups excluding carboxylic acids is 1. The number of esters is 1. The molecule has 0 aliphatic carbocycles. The molecule has 1 atom stereocenters.